The van der Waals surface area contributed by atoms with E-state index in [1.165, 1.54) is 18.2 Å². The van der Waals surface area contributed by atoms with Gasteiger partial charge >= 0.3 is 0 Å². The number of halogens is 2. The van der Waals surface area contributed by atoms with Gasteiger partial charge in [0.1, 0.15) is 11.6 Å². The van der Waals surface area contributed by atoms with Crippen molar-refractivity contribution in [3.8, 4) is 5.75 Å². The van der Waals surface area contributed by atoms with Crippen molar-refractivity contribution in [3.63, 3.8) is 0 Å². The number of likely N-dealkylation sites (tertiary alicyclic amines) is 1. The van der Waals surface area contributed by atoms with Crippen molar-refractivity contribution in [2.75, 3.05) is 26.2 Å². The number of fused-ring (bicyclic) bond motifs is 1. The average molecular weight is 341 g/mol. The molecule has 3 atom stereocenters. The van der Waals surface area contributed by atoms with Gasteiger partial charge in [-0.2, -0.15) is 0 Å². The molecule has 4 nitrogen and oxygen atoms in total. The molecule has 23 heavy (non-hydrogen) atoms. The van der Waals surface area contributed by atoms with E-state index in [0.717, 1.165) is 39.0 Å². The van der Waals surface area contributed by atoms with Crippen LogP contribution in [-0.4, -0.2) is 43.1 Å². The van der Waals surface area contributed by atoms with Gasteiger partial charge < -0.3 is 15.0 Å². The molecule has 0 aliphatic carbocycles. The lowest BCUT2D eigenvalue weighted by atomic mass is 9.92. The zero-order valence-corrected chi connectivity index (χ0v) is 14.0. The van der Waals surface area contributed by atoms with E-state index in [1.807, 2.05) is 4.90 Å². The van der Waals surface area contributed by atoms with Crippen LogP contribution in [0.4, 0.5) is 4.39 Å². The van der Waals surface area contributed by atoms with Crippen molar-refractivity contribution in [1.82, 2.24) is 10.2 Å². The van der Waals surface area contributed by atoms with Gasteiger partial charge in [0.2, 0.25) is 0 Å². The minimum Gasteiger partial charge on any atom is -0.479 e. The van der Waals surface area contributed by atoms with Crippen molar-refractivity contribution < 1.29 is 13.9 Å². The number of ether oxygens (including phenoxy) is 1. The zero-order chi connectivity index (χ0) is 16.4. The number of nitrogens with zero attached hydrogens (tertiary/aromatic N) is 1. The van der Waals surface area contributed by atoms with Gasteiger partial charge in [-0.3, -0.25) is 4.79 Å². The van der Waals surface area contributed by atoms with Crippen LogP contribution in [0.25, 0.3) is 0 Å². The largest absolute Gasteiger partial charge is 0.479 e. The van der Waals surface area contributed by atoms with E-state index in [-0.39, 0.29) is 10.9 Å². The Morgan fingerprint density at radius 2 is 2.00 bits per heavy atom. The number of hydrogen-bond donors (Lipinski definition) is 1. The van der Waals surface area contributed by atoms with Crippen molar-refractivity contribution in [2.45, 2.75) is 25.9 Å². The molecule has 6 heteroatoms. The van der Waals surface area contributed by atoms with Gasteiger partial charge in [0.05, 0.1) is 5.02 Å². The first-order valence-electron chi connectivity index (χ1n) is 8.16. The Morgan fingerprint density at radius 1 is 1.35 bits per heavy atom. The molecule has 1 aromatic carbocycles. The summed E-state index contributed by atoms with van der Waals surface area (Å²) in [6.45, 7) is 5.38. The summed E-state index contributed by atoms with van der Waals surface area (Å²) in [4.78, 5) is 14.5. The highest BCUT2D eigenvalue weighted by Gasteiger charge is 2.33. The predicted molar refractivity (Wildman–Crippen MR) is 87.2 cm³/mol. The summed E-state index contributed by atoms with van der Waals surface area (Å²) >= 11 is 5.96. The Balaban J connectivity index is 1.60. The average Bonchev–Trinajstić information content (AvgIpc) is 2.88. The number of carbonyl (C=O) groups is 1. The fourth-order valence-electron chi connectivity index (χ4n) is 3.51. The zero-order valence-electron chi connectivity index (χ0n) is 13.2. The van der Waals surface area contributed by atoms with Gasteiger partial charge in [-0.1, -0.05) is 11.6 Å². The predicted octanol–water partition coefficient (Wildman–Crippen LogP) is 2.70. The molecule has 0 bridgehead atoms. The highest BCUT2D eigenvalue weighted by atomic mass is 35.5. The summed E-state index contributed by atoms with van der Waals surface area (Å²) in [5, 5.41) is 3.61. The third-order valence-corrected chi connectivity index (χ3v) is 5.17. The molecule has 2 fully saturated rings. The van der Waals surface area contributed by atoms with Gasteiger partial charge in [-0.15, -0.1) is 0 Å². The topological polar surface area (TPSA) is 41.6 Å². The van der Waals surface area contributed by atoms with E-state index in [1.54, 1.807) is 6.92 Å². The van der Waals surface area contributed by atoms with E-state index in [0.29, 0.717) is 17.6 Å². The molecule has 0 saturated carbocycles. The Kier molecular flexibility index (Phi) is 5.07. The lowest BCUT2D eigenvalue weighted by Crippen LogP contribution is -2.41. The number of benzene rings is 1. The summed E-state index contributed by atoms with van der Waals surface area (Å²) in [7, 11) is 0. The van der Waals surface area contributed by atoms with Crippen molar-refractivity contribution in [2.24, 2.45) is 11.8 Å². The lowest BCUT2D eigenvalue weighted by Gasteiger charge is -2.25. The summed E-state index contributed by atoms with van der Waals surface area (Å²) in [6, 6.07) is 3.92. The number of rotatable bonds is 3. The van der Waals surface area contributed by atoms with E-state index < -0.39 is 11.9 Å². The van der Waals surface area contributed by atoms with Gasteiger partial charge in [0, 0.05) is 13.1 Å². The van der Waals surface area contributed by atoms with Gasteiger partial charge in [0.25, 0.3) is 5.91 Å². The second-order valence-electron chi connectivity index (χ2n) is 6.42. The summed E-state index contributed by atoms with van der Waals surface area (Å²) in [6.07, 6.45) is 1.44. The van der Waals surface area contributed by atoms with Crippen LogP contribution in [0, 0.1) is 17.7 Å². The smallest absolute Gasteiger partial charge is 0.263 e. The van der Waals surface area contributed by atoms with Gasteiger partial charge in [-0.25, -0.2) is 4.39 Å². The first-order chi connectivity index (χ1) is 11.0. The highest BCUT2D eigenvalue weighted by molar-refractivity contribution is 6.32. The third-order valence-electron chi connectivity index (χ3n) is 4.88. The molecular formula is C17H22ClFN2O2. The molecule has 2 aliphatic heterocycles. The quantitative estimate of drug-likeness (QED) is 0.920. The number of carbonyl (C=O) groups excluding carboxylic acids is 1. The molecule has 126 valence electrons. The van der Waals surface area contributed by atoms with E-state index in [9.17, 15) is 9.18 Å². The summed E-state index contributed by atoms with van der Waals surface area (Å²) in [5.74, 6) is 1.24. The van der Waals surface area contributed by atoms with Crippen molar-refractivity contribution in [1.29, 1.82) is 0 Å². The SMILES string of the molecule is CC(Oc1ccc(F)cc1Cl)C(=O)N1CC[C@@H]2CNC[C@@H]2CC1. The monoisotopic (exact) mass is 340 g/mol. The Labute approximate surface area is 140 Å². The van der Waals surface area contributed by atoms with E-state index in [2.05, 4.69) is 5.32 Å². The van der Waals surface area contributed by atoms with Crippen LogP contribution < -0.4 is 10.1 Å². The second kappa shape index (κ2) is 7.05. The van der Waals surface area contributed by atoms with Crippen LogP contribution in [0.15, 0.2) is 18.2 Å². The number of nitrogens with one attached hydrogen (secondary N) is 1. The molecule has 0 aromatic heterocycles. The fraction of sp³-hybridized carbons (Fsp3) is 0.588. The van der Waals surface area contributed by atoms with Crippen LogP contribution in [0.5, 0.6) is 5.75 Å². The molecule has 1 N–H and O–H groups in total. The fourth-order valence-corrected chi connectivity index (χ4v) is 3.72. The molecule has 2 heterocycles. The lowest BCUT2D eigenvalue weighted by molar-refractivity contribution is -0.137. The summed E-state index contributed by atoms with van der Waals surface area (Å²) in [5.41, 5.74) is 0. The third kappa shape index (κ3) is 3.78. The first kappa shape index (κ1) is 16.5. The van der Waals surface area contributed by atoms with Crippen LogP contribution in [-0.2, 0) is 4.79 Å². The van der Waals surface area contributed by atoms with Crippen LogP contribution in [0.3, 0.4) is 0 Å². The Morgan fingerprint density at radius 3 is 2.61 bits per heavy atom. The molecule has 2 aliphatic rings. The molecule has 1 unspecified atom stereocenters. The number of hydrogen-bond acceptors (Lipinski definition) is 3. The Bertz CT molecular complexity index is 570. The standard InChI is InChI=1S/C17H22ClFN2O2/c1-11(23-16-3-2-14(19)8-15(16)18)17(22)21-6-4-12-9-20-10-13(12)5-7-21/h2-3,8,11-13,20H,4-7,9-10H2,1H3/t11?,12-,13+. The molecular weight excluding hydrogens is 319 g/mol. The first-order valence-corrected chi connectivity index (χ1v) is 8.53. The minimum atomic E-state index is -0.631. The van der Waals surface area contributed by atoms with E-state index >= 15 is 0 Å². The maximum absolute atomic E-state index is 13.1. The van der Waals surface area contributed by atoms with Gasteiger partial charge in [0.15, 0.2) is 6.10 Å². The number of amides is 1. The van der Waals surface area contributed by atoms with Crippen LogP contribution in [0.1, 0.15) is 19.8 Å². The van der Waals surface area contributed by atoms with E-state index in [4.69, 9.17) is 16.3 Å². The van der Waals surface area contributed by atoms with Crippen molar-refractivity contribution in [3.05, 3.63) is 29.0 Å². The molecule has 1 aromatic rings. The van der Waals surface area contributed by atoms with Gasteiger partial charge in [-0.05, 0) is 62.9 Å². The van der Waals surface area contributed by atoms with Crippen LogP contribution >= 0.6 is 11.6 Å². The normalized spacial score (nSPS) is 25.6. The molecule has 0 spiro atoms. The Hall–Kier alpha value is -1.33. The maximum Gasteiger partial charge on any atom is 0.263 e. The minimum absolute atomic E-state index is 0.0293. The highest BCUT2D eigenvalue weighted by Crippen LogP contribution is 2.29. The van der Waals surface area contributed by atoms with Crippen molar-refractivity contribution >= 4 is 17.5 Å². The summed E-state index contributed by atoms with van der Waals surface area (Å²) < 4.78 is 18.7. The van der Waals surface area contributed by atoms with Crippen LogP contribution in [0.2, 0.25) is 5.02 Å². The molecule has 3 rings (SSSR count). The maximum atomic E-state index is 13.1. The molecule has 2 saturated heterocycles. The second-order valence-corrected chi connectivity index (χ2v) is 6.82. The molecule has 0 radical (unpaired) electrons. The molecule has 1 amide bonds.